The van der Waals surface area contributed by atoms with Gasteiger partial charge in [-0.15, -0.1) is 0 Å². The zero-order chi connectivity index (χ0) is 15.4. The fraction of sp³-hybridized carbons (Fsp3) is 0.500. The standard InChI is InChI=1S/C16H23N3O2/c1-4-11(2)15-16(21)18-13-8-6-5-7-12(13)9-19(15)10-14(20)17-3/h5-8,11,15H,4,9-10H2,1-3H3,(H,17,20)(H,18,21). The summed E-state index contributed by atoms with van der Waals surface area (Å²) in [6.45, 7) is 4.94. The van der Waals surface area contributed by atoms with Crippen molar-refractivity contribution < 1.29 is 9.59 Å². The Labute approximate surface area is 125 Å². The molecule has 5 nitrogen and oxygen atoms in total. The van der Waals surface area contributed by atoms with Crippen LogP contribution in [0.15, 0.2) is 24.3 Å². The molecule has 114 valence electrons. The van der Waals surface area contributed by atoms with Crippen LogP contribution in [0.5, 0.6) is 0 Å². The Bertz CT molecular complexity index is 530. The molecule has 0 saturated carbocycles. The quantitative estimate of drug-likeness (QED) is 0.885. The highest BCUT2D eigenvalue weighted by molar-refractivity contribution is 5.96. The second kappa shape index (κ2) is 6.72. The van der Waals surface area contributed by atoms with E-state index in [9.17, 15) is 9.59 Å². The Balaban J connectivity index is 2.34. The fourth-order valence-electron chi connectivity index (χ4n) is 2.73. The van der Waals surface area contributed by atoms with Crippen LogP contribution in [-0.4, -0.2) is 36.3 Å². The van der Waals surface area contributed by atoms with E-state index in [1.165, 1.54) is 0 Å². The molecule has 1 aromatic carbocycles. The number of rotatable bonds is 4. The van der Waals surface area contributed by atoms with Gasteiger partial charge in [0.25, 0.3) is 0 Å². The van der Waals surface area contributed by atoms with Crippen molar-refractivity contribution in [1.29, 1.82) is 0 Å². The fourth-order valence-corrected chi connectivity index (χ4v) is 2.73. The first kappa shape index (κ1) is 15.5. The molecule has 1 aromatic rings. The molecule has 0 fully saturated rings. The maximum absolute atomic E-state index is 12.6. The molecule has 0 spiro atoms. The summed E-state index contributed by atoms with van der Waals surface area (Å²) < 4.78 is 0. The van der Waals surface area contributed by atoms with E-state index in [1.807, 2.05) is 29.2 Å². The highest BCUT2D eigenvalue weighted by atomic mass is 16.2. The molecule has 2 unspecified atom stereocenters. The van der Waals surface area contributed by atoms with E-state index in [1.54, 1.807) is 7.05 Å². The molecule has 0 radical (unpaired) electrons. The second-order valence-electron chi connectivity index (χ2n) is 5.55. The Morgan fingerprint density at radius 3 is 2.86 bits per heavy atom. The van der Waals surface area contributed by atoms with E-state index in [-0.39, 0.29) is 30.3 Å². The summed E-state index contributed by atoms with van der Waals surface area (Å²) in [5.74, 6) is 0.0812. The summed E-state index contributed by atoms with van der Waals surface area (Å²) in [6.07, 6.45) is 0.888. The Kier molecular flexibility index (Phi) is 4.96. The molecule has 21 heavy (non-hydrogen) atoms. The summed E-state index contributed by atoms with van der Waals surface area (Å²) in [7, 11) is 1.62. The molecule has 2 rings (SSSR count). The summed E-state index contributed by atoms with van der Waals surface area (Å²) in [6, 6.07) is 7.47. The van der Waals surface area contributed by atoms with Gasteiger partial charge in [-0.3, -0.25) is 14.5 Å². The molecule has 0 aromatic heterocycles. The van der Waals surface area contributed by atoms with Crippen LogP contribution in [0.2, 0.25) is 0 Å². The smallest absolute Gasteiger partial charge is 0.242 e. The van der Waals surface area contributed by atoms with Crippen LogP contribution in [0, 0.1) is 5.92 Å². The largest absolute Gasteiger partial charge is 0.358 e. The van der Waals surface area contributed by atoms with E-state index in [0.717, 1.165) is 17.7 Å². The van der Waals surface area contributed by atoms with Crippen molar-refractivity contribution in [3.63, 3.8) is 0 Å². The molecule has 2 amide bonds. The number of carbonyl (C=O) groups is 2. The highest BCUT2D eigenvalue weighted by Gasteiger charge is 2.34. The van der Waals surface area contributed by atoms with Gasteiger partial charge in [-0.2, -0.15) is 0 Å². The number of fused-ring (bicyclic) bond motifs is 1. The molecule has 5 heteroatoms. The lowest BCUT2D eigenvalue weighted by Crippen LogP contribution is -2.49. The third-order valence-electron chi connectivity index (χ3n) is 4.12. The summed E-state index contributed by atoms with van der Waals surface area (Å²) >= 11 is 0. The number of likely N-dealkylation sites (N-methyl/N-ethyl adjacent to an activating group) is 1. The van der Waals surface area contributed by atoms with Gasteiger partial charge < -0.3 is 10.6 Å². The predicted molar refractivity (Wildman–Crippen MR) is 82.8 cm³/mol. The molecule has 1 heterocycles. The zero-order valence-electron chi connectivity index (χ0n) is 12.8. The van der Waals surface area contributed by atoms with E-state index < -0.39 is 0 Å². The molecular formula is C16H23N3O2. The van der Waals surface area contributed by atoms with Crippen molar-refractivity contribution in [2.75, 3.05) is 18.9 Å². The number of anilines is 1. The van der Waals surface area contributed by atoms with Gasteiger partial charge >= 0.3 is 0 Å². The van der Waals surface area contributed by atoms with Crippen LogP contribution >= 0.6 is 0 Å². The lowest BCUT2D eigenvalue weighted by atomic mass is 9.96. The minimum absolute atomic E-state index is 0.0294. The topological polar surface area (TPSA) is 61.4 Å². The Morgan fingerprint density at radius 2 is 2.19 bits per heavy atom. The number of benzene rings is 1. The molecule has 0 saturated heterocycles. The van der Waals surface area contributed by atoms with Crippen LogP contribution in [0.3, 0.4) is 0 Å². The number of hydrogen-bond donors (Lipinski definition) is 2. The maximum Gasteiger partial charge on any atom is 0.242 e. The Morgan fingerprint density at radius 1 is 1.48 bits per heavy atom. The third kappa shape index (κ3) is 3.42. The van der Waals surface area contributed by atoms with E-state index in [2.05, 4.69) is 24.5 Å². The second-order valence-corrected chi connectivity index (χ2v) is 5.55. The number of amides is 2. The number of carbonyl (C=O) groups excluding carboxylic acids is 2. The first-order valence-electron chi connectivity index (χ1n) is 7.40. The van der Waals surface area contributed by atoms with Gasteiger partial charge in [-0.1, -0.05) is 38.5 Å². The van der Waals surface area contributed by atoms with Gasteiger partial charge in [0.15, 0.2) is 0 Å². The van der Waals surface area contributed by atoms with Gasteiger partial charge in [-0.05, 0) is 17.5 Å². The first-order valence-corrected chi connectivity index (χ1v) is 7.40. The number of para-hydroxylation sites is 1. The average Bonchev–Trinajstić information content (AvgIpc) is 2.61. The molecule has 2 atom stereocenters. The lowest BCUT2D eigenvalue weighted by molar-refractivity contribution is -0.127. The summed E-state index contributed by atoms with van der Waals surface area (Å²) in [5.41, 5.74) is 1.88. The Hall–Kier alpha value is -1.88. The molecule has 2 N–H and O–H groups in total. The monoisotopic (exact) mass is 289 g/mol. The van der Waals surface area contributed by atoms with E-state index in [4.69, 9.17) is 0 Å². The normalized spacial score (nSPS) is 20.1. The zero-order valence-corrected chi connectivity index (χ0v) is 12.8. The minimum Gasteiger partial charge on any atom is -0.358 e. The minimum atomic E-state index is -0.292. The van der Waals surface area contributed by atoms with E-state index in [0.29, 0.717) is 6.54 Å². The van der Waals surface area contributed by atoms with Crippen molar-refractivity contribution in [2.24, 2.45) is 5.92 Å². The van der Waals surface area contributed by atoms with Gasteiger partial charge in [-0.25, -0.2) is 0 Å². The predicted octanol–water partition coefficient (Wildman–Crippen LogP) is 1.60. The van der Waals surface area contributed by atoms with E-state index >= 15 is 0 Å². The first-order chi connectivity index (χ1) is 10.1. The lowest BCUT2D eigenvalue weighted by Gasteiger charge is -2.31. The average molecular weight is 289 g/mol. The summed E-state index contributed by atoms with van der Waals surface area (Å²) in [5, 5.41) is 5.63. The number of hydrogen-bond acceptors (Lipinski definition) is 3. The van der Waals surface area contributed by atoms with Crippen LogP contribution in [0.25, 0.3) is 0 Å². The van der Waals surface area contributed by atoms with Gasteiger partial charge in [0, 0.05) is 19.3 Å². The maximum atomic E-state index is 12.6. The van der Waals surface area contributed by atoms with Crippen LogP contribution in [0.4, 0.5) is 5.69 Å². The molecule has 0 bridgehead atoms. The van der Waals surface area contributed by atoms with Crippen LogP contribution < -0.4 is 10.6 Å². The third-order valence-corrected chi connectivity index (χ3v) is 4.12. The van der Waals surface area contributed by atoms with Crippen molar-refractivity contribution in [1.82, 2.24) is 10.2 Å². The van der Waals surface area contributed by atoms with Gasteiger partial charge in [0.2, 0.25) is 11.8 Å². The molecular weight excluding hydrogens is 266 g/mol. The van der Waals surface area contributed by atoms with Gasteiger partial charge in [0.05, 0.1) is 12.6 Å². The number of nitrogens with one attached hydrogen (secondary N) is 2. The number of nitrogens with zero attached hydrogens (tertiary/aromatic N) is 1. The van der Waals surface area contributed by atoms with Crippen molar-refractivity contribution in [2.45, 2.75) is 32.9 Å². The van der Waals surface area contributed by atoms with Crippen molar-refractivity contribution >= 4 is 17.5 Å². The van der Waals surface area contributed by atoms with Crippen molar-refractivity contribution in [3.05, 3.63) is 29.8 Å². The van der Waals surface area contributed by atoms with Crippen LogP contribution in [0.1, 0.15) is 25.8 Å². The molecule has 1 aliphatic heterocycles. The SMILES string of the molecule is CCC(C)C1C(=O)Nc2ccccc2CN1CC(=O)NC. The van der Waals surface area contributed by atoms with Crippen molar-refractivity contribution in [3.8, 4) is 0 Å². The van der Waals surface area contributed by atoms with Gasteiger partial charge in [0.1, 0.15) is 0 Å². The highest BCUT2D eigenvalue weighted by Crippen LogP contribution is 2.26. The summed E-state index contributed by atoms with van der Waals surface area (Å²) in [4.78, 5) is 26.3. The molecule has 1 aliphatic rings. The molecule has 0 aliphatic carbocycles. The van der Waals surface area contributed by atoms with Crippen LogP contribution in [-0.2, 0) is 16.1 Å².